The summed E-state index contributed by atoms with van der Waals surface area (Å²) in [4.78, 5) is 10.8. The van der Waals surface area contributed by atoms with Gasteiger partial charge in [-0.3, -0.25) is 0 Å². The number of likely N-dealkylation sites (N-methyl/N-ethyl adjacent to an activating group) is 1. The topological polar surface area (TPSA) is 94.1 Å². The van der Waals surface area contributed by atoms with Gasteiger partial charge in [-0.05, 0) is 7.05 Å². The summed E-state index contributed by atoms with van der Waals surface area (Å²) in [6, 6.07) is 0. The Morgan fingerprint density at radius 3 is 2.94 bits per heavy atom. The van der Waals surface area contributed by atoms with Gasteiger partial charge >= 0.3 is 0 Å². The first kappa shape index (κ1) is 12.3. The zero-order chi connectivity index (χ0) is 12.4. The average molecular weight is 257 g/mol. The first-order valence-electron chi connectivity index (χ1n) is 5.13. The Labute approximate surface area is 103 Å². The maximum Gasteiger partial charge on any atom is 0.156 e. The molecular formula is C10H13ClN4O2. The van der Waals surface area contributed by atoms with Crippen LogP contribution in [0.3, 0.4) is 0 Å². The number of aliphatic hydroxyl groups is 2. The molecule has 0 radical (unpaired) electrons. The van der Waals surface area contributed by atoms with Crippen LogP contribution in [0, 0.1) is 0 Å². The minimum absolute atomic E-state index is 0.284. The second kappa shape index (κ2) is 4.97. The lowest BCUT2D eigenvalue weighted by molar-refractivity contribution is 0.0210. The highest BCUT2D eigenvalue weighted by Gasteiger charge is 2.22. The fourth-order valence-corrected chi connectivity index (χ4v) is 1.87. The van der Waals surface area contributed by atoms with Crippen LogP contribution >= 0.6 is 11.6 Å². The molecule has 0 amide bonds. The number of halogens is 1. The van der Waals surface area contributed by atoms with Crippen molar-refractivity contribution in [2.24, 2.45) is 0 Å². The van der Waals surface area contributed by atoms with Gasteiger partial charge in [0.15, 0.2) is 5.15 Å². The third-order valence-electron chi connectivity index (χ3n) is 2.54. The van der Waals surface area contributed by atoms with Crippen molar-refractivity contribution in [2.45, 2.75) is 12.2 Å². The molecule has 0 bridgehead atoms. The molecule has 0 aromatic carbocycles. The Bertz CT molecular complexity index is 516. The highest BCUT2D eigenvalue weighted by atomic mass is 35.5. The van der Waals surface area contributed by atoms with Gasteiger partial charge in [0.1, 0.15) is 17.9 Å². The molecule has 2 atom stereocenters. The molecule has 2 aromatic heterocycles. The third kappa shape index (κ3) is 2.25. The van der Waals surface area contributed by atoms with Crippen molar-refractivity contribution in [2.75, 3.05) is 13.6 Å². The Balaban J connectivity index is 2.39. The lowest BCUT2D eigenvalue weighted by atomic mass is 10.1. The van der Waals surface area contributed by atoms with Crippen molar-refractivity contribution in [1.82, 2.24) is 20.3 Å². The third-order valence-corrected chi connectivity index (χ3v) is 2.83. The predicted molar refractivity (Wildman–Crippen MR) is 63.8 cm³/mol. The molecule has 0 aliphatic carbocycles. The molecule has 7 heteroatoms. The van der Waals surface area contributed by atoms with E-state index in [-0.39, 0.29) is 11.7 Å². The molecule has 0 fully saturated rings. The van der Waals surface area contributed by atoms with E-state index in [9.17, 15) is 10.2 Å². The van der Waals surface area contributed by atoms with Crippen LogP contribution in [0.25, 0.3) is 11.0 Å². The van der Waals surface area contributed by atoms with E-state index in [1.165, 1.54) is 6.33 Å². The predicted octanol–water partition coefficient (Wildman–Crippen LogP) is 0.225. The van der Waals surface area contributed by atoms with Gasteiger partial charge in [0.2, 0.25) is 0 Å². The second-order valence-electron chi connectivity index (χ2n) is 3.70. The van der Waals surface area contributed by atoms with E-state index in [0.29, 0.717) is 16.6 Å². The number of aromatic amines is 1. The van der Waals surface area contributed by atoms with Crippen LogP contribution in [0.2, 0.25) is 5.15 Å². The fraction of sp³-hybridized carbons (Fsp3) is 0.400. The zero-order valence-corrected chi connectivity index (χ0v) is 9.94. The summed E-state index contributed by atoms with van der Waals surface area (Å²) in [6.07, 6.45) is 0.962. The number of rotatable bonds is 4. The molecule has 0 aliphatic heterocycles. The van der Waals surface area contributed by atoms with Gasteiger partial charge in [0.05, 0.1) is 11.6 Å². The molecule has 0 saturated carbocycles. The normalized spacial score (nSPS) is 15.1. The number of hydrogen-bond donors (Lipinski definition) is 4. The number of hydrogen-bond acceptors (Lipinski definition) is 5. The molecule has 6 nitrogen and oxygen atoms in total. The molecule has 2 heterocycles. The first-order valence-corrected chi connectivity index (χ1v) is 5.51. The van der Waals surface area contributed by atoms with E-state index in [1.807, 2.05) is 0 Å². The molecule has 0 saturated heterocycles. The summed E-state index contributed by atoms with van der Waals surface area (Å²) in [5.41, 5.74) is 1.58. The molecule has 92 valence electrons. The molecule has 2 unspecified atom stereocenters. The summed E-state index contributed by atoms with van der Waals surface area (Å²) in [6.45, 7) is 0.284. The Morgan fingerprint density at radius 2 is 2.24 bits per heavy atom. The Morgan fingerprint density at radius 1 is 1.47 bits per heavy atom. The number of fused-ring (bicyclic) bond motifs is 1. The van der Waals surface area contributed by atoms with Crippen LogP contribution in [0.5, 0.6) is 0 Å². The maximum absolute atomic E-state index is 9.98. The van der Waals surface area contributed by atoms with Crippen LogP contribution in [0.15, 0.2) is 12.5 Å². The molecule has 0 aliphatic rings. The van der Waals surface area contributed by atoms with Gasteiger partial charge in [-0.15, -0.1) is 0 Å². The van der Waals surface area contributed by atoms with E-state index in [1.54, 1.807) is 13.2 Å². The van der Waals surface area contributed by atoms with Crippen LogP contribution in [0.1, 0.15) is 11.7 Å². The number of aliphatic hydroxyl groups excluding tert-OH is 2. The zero-order valence-electron chi connectivity index (χ0n) is 9.18. The molecule has 4 N–H and O–H groups in total. The van der Waals surface area contributed by atoms with E-state index in [4.69, 9.17) is 11.6 Å². The largest absolute Gasteiger partial charge is 0.389 e. The van der Waals surface area contributed by atoms with Crippen LogP contribution in [-0.2, 0) is 0 Å². The van der Waals surface area contributed by atoms with Crippen molar-refractivity contribution in [3.63, 3.8) is 0 Å². The number of H-pyrrole nitrogens is 1. The SMILES string of the molecule is CNCC(O)C(O)c1c[nH]c2c(Cl)ncnc12. The summed E-state index contributed by atoms with van der Waals surface area (Å²) in [7, 11) is 1.70. The number of aromatic nitrogens is 3. The first-order chi connectivity index (χ1) is 8.15. The summed E-state index contributed by atoms with van der Waals surface area (Å²) < 4.78 is 0. The average Bonchev–Trinajstić information content (AvgIpc) is 2.73. The summed E-state index contributed by atoms with van der Waals surface area (Å²) in [5, 5.41) is 22.8. The second-order valence-corrected chi connectivity index (χ2v) is 4.06. The lowest BCUT2D eigenvalue weighted by Crippen LogP contribution is -2.29. The monoisotopic (exact) mass is 256 g/mol. The molecule has 2 rings (SSSR count). The number of nitrogens with zero attached hydrogens (tertiary/aromatic N) is 2. The molecule has 17 heavy (non-hydrogen) atoms. The molecular weight excluding hydrogens is 244 g/mol. The Hall–Kier alpha value is -1.21. The van der Waals surface area contributed by atoms with Crippen molar-refractivity contribution in [3.8, 4) is 0 Å². The molecule has 0 spiro atoms. The van der Waals surface area contributed by atoms with Crippen LogP contribution < -0.4 is 5.32 Å². The fourth-order valence-electron chi connectivity index (χ4n) is 1.68. The van der Waals surface area contributed by atoms with Gasteiger partial charge in [0.25, 0.3) is 0 Å². The van der Waals surface area contributed by atoms with E-state index in [0.717, 1.165) is 0 Å². The van der Waals surface area contributed by atoms with Gasteiger partial charge < -0.3 is 20.5 Å². The lowest BCUT2D eigenvalue weighted by Gasteiger charge is -2.16. The van der Waals surface area contributed by atoms with Gasteiger partial charge in [-0.1, -0.05) is 11.6 Å². The van der Waals surface area contributed by atoms with Crippen molar-refractivity contribution >= 4 is 22.6 Å². The van der Waals surface area contributed by atoms with Gasteiger partial charge in [-0.25, -0.2) is 9.97 Å². The van der Waals surface area contributed by atoms with Gasteiger partial charge in [0, 0.05) is 18.3 Å². The van der Waals surface area contributed by atoms with Crippen LogP contribution in [-0.4, -0.2) is 44.9 Å². The summed E-state index contributed by atoms with van der Waals surface area (Å²) >= 11 is 5.88. The minimum atomic E-state index is -1.03. The summed E-state index contributed by atoms with van der Waals surface area (Å²) in [5.74, 6) is 0. The standard InChI is InChI=1S/C10H13ClN4O2/c1-12-3-6(16)9(17)5-2-13-8-7(5)14-4-15-10(8)11/h2,4,6,9,12-13,16-17H,3H2,1H3. The van der Waals surface area contributed by atoms with E-state index >= 15 is 0 Å². The van der Waals surface area contributed by atoms with E-state index in [2.05, 4.69) is 20.3 Å². The van der Waals surface area contributed by atoms with Crippen molar-refractivity contribution in [3.05, 3.63) is 23.2 Å². The minimum Gasteiger partial charge on any atom is -0.389 e. The quantitative estimate of drug-likeness (QED) is 0.588. The van der Waals surface area contributed by atoms with Crippen LogP contribution in [0.4, 0.5) is 0 Å². The van der Waals surface area contributed by atoms with Crippen molar-refractivity contribution < 1.29 is 10.2 Å². The highest BCUT2D eigenvalue weighted by Crippen LogP contribution is 2.27. The number of nitrogens with one attached hydrogen (secondary N) is 2. The highest BCUT2D eigenvalue weighted by molar-refractivity contribution is 6.33. The van der Waals surface area contributed by atoms with Crippen molar-refractivity contribution in [1.29, 1.82) is 0 Å². The van der Waals surface area contributed by atoms with E-state index < -0.39 is 12.2 Å². The molecule has 2 aromatic rings. The van der Waals surface area contributed by atoms with Gasteiger partial charge in [-0.2, -0.15) is 0 Å². The Kier molecular flexibility index (Phi) is 3.58. The smallest absolute Gasteiger partial charge is 0.156 e. The maximum atomic E-state index is 9.98.